The highest BCUT2D eigenvalue weighted by Crippen LogP contribution is 2.34. The van der Waals surface area contributed by atoms with E-state index < -0.39 is 0 Å². The lowest BCUT2D eigenvalue weighted by atomic mass is 10.1. The summed E-state index contributed by atoms with van der Waals surface area (Å²) in [5, 5.41) is 3.58. The lowest BCUT2D eigenvalue weighted by molar-refractivity contribution is 0.0986. The van der Waals surface area contributed by atoms with Crippen molar-refractivity contribution in [3.05, 3.63) is 113 Å². The summed E-state index contributed by atoms with van der Waals surface area (Å²) in [5.74, 6) is -0.0765. The van der Waals surface area contributed by atoms with Crippen LogP contribution in [0.25, 0.3) is 31.7 Å². The topological polar surface area (TPSA) is 46.1 Å². The van der Waals surface area contributed by atoms with Crippen molar-refractivity contribution in [1.29, 1.82) is 0 Å². The van der Waals surface area contributed by atoms with E-state index in [0.717, 1.165) is 43.7 Å². The van der Waals surface area contributed by atoms with E-state index >= 15 is 0 Å². The molecule has 0 saturated heterocycles. The number of amides is 1. The summed E-state index contributed by atoms with van der Waals surface area (Å²) < 4.78 is 1.09. The average Bonchev–Trinajstić information content (AvgIpc) is 3.62. The van der Waals surface area contributed by atoms with E-state index in [0.29, 0.717) is 17.2 Å². The van der Waals surface area contributed by atoms with E-state index in [1.54, 1.807) is 22.7 Å². The zero-order valence-electron chi connectivity index (χ0n) is 19.7. The van der Waals surface area contributed by atoms with Gasteiger partial charge in [-0.1, -0.05) is 85.0 Å². The summed E-state index contributed by atoms with van der Waals surface area (Å²) in [6.45, 7) is 2.57. The minimum absolute atomic E-state index is 0.0765. The largest absolute Gasteiger partial charge is 0.279 e. The van der Waals surface area contributed by atoms with E-state index in [1.165, 1.54) is 5.56 Å². The number of pyridine rings is 1. The van der Waals surface area contributed by atoms with Gasteiger partial charge in [-0.25, -0.2) is 9.97 Å². The number of aromatic nitrogens is 2. The Kier molecular flexibility index (Phi) is 6.05. The number of fused-ring (bicyclic) bond motifs is 2. The summed E-state index contributed by atoms with van der Waals surface area (Å²) >= 11 is 3.19. The number of hydrogen-bond acceptors (Lipinski definition) is 5. The van der Waals surface area contributed by atoms with Crippen LogP contribution in [0.2, 0.25) is 0 Å². The Morgan fingerprint density at radius 3 is 2.53 bits per heavy atom. The Morgan fingerprint density at radius 1 is 0.889 bits per heavy atom. The number of benzene rings is 3. The number of carbonyl (C=O) groups is 1. The fraction of sp³-hybridized carbons (Fsp3) is 0.100. The quantitative estimate of drug-likeness (QED) is 0.230. The molecule has 0 unspecified atom stereocenters. The molecule has 6 rings (SSSR count). The van der Waals surface area contributed by atoms with E-state index in [4.69, 9.17) is 9.97 Å². The van der Waals surface area contributed by atoms with Gasteiger partial charge in [0.1, 0.15) is 0 Å². The van der Waals surface area contributed by atoms with Crippen LogP contribution in [0.5, 0.6) is 0 Å². The maximum atomic E-state index is 14.4. The molecule has 3 heterocycles. The number of anilines is 1. The second-order valence-electron chi connectivity index (χ2n) is 8.54. The summed E-state index contributed by atoms with van der Waals surface area (Å²) in [6, 6.07) is 30.2. The Morgan fingerprint density at radius 2 is 1.72 bits per heavy atom. The van der Waals surface area contributed by atoms with Crippen LogP contribution in [-0.4, -0.2) is 15.9 Å². The molecule has 0 radical (unpaired) electrons. The van der Waals surface area contributed by atoms with Gasteiger partial charge >= 0.3 is 0 Å². The molecule has 0 saturated carbocycles. The van der Waals surface area contributed by atoms with Crippen LogP contribution < -0.4 is 4.90 Å². The predicted octanol–water partition coefficient (Wildman–Crippen LogP) is 7.98. The highest BCUT2D eigenvalue weighted by atomic mass is 32.1. The van der Waals surface area contributed by atoms with Crippen LogP contribution in [-0.2, 0) is 13.0 Å². The van der Waals surface area contributed by atoms with E-state index in [-0.39, 0.29) is 5.91 Å². The zero-order chi connectivity index (χ0) is 24.5. The third-order valence-electron chi connectivity index (χ3n) is 6.25. The van der Waals surface area contributed by atoms with Crippen LogP contribution in [0.1, 0.15) is 28.4 Å². The molecule has 3 aromatic heterocycles. The Hall–Kier alpha value is -3.87. The van der Waals surface area contributed by atoms with Gasteiger partial charge in [-0.15, -0.1) is 11.3 Å². The van der Waals surface area contributed by atoms with E-state index in [9.17, 15) is 4.79 Å². The molecule has 3 aromatic carbocycles. The van der Waals surface area contributed by atoms with Crippen LogP contribution in [0.4, 0.5) is 5.13 Å². The molecule has 0 aliphatic carbocycles. The SMILES string of the molecule is CCc1cccc2sc(N(Cc3ccccc3)C(=O)c3cc(-c4cccs4)nc4ccccc34)nc12. The van der Waals surface area contributed by atoms with Crippen LogP contribution in [0.15, 0.2) is 96.4 Å². The van der Waals surface area contributed by atoms with Crippen LogP contribution in [0, 0.1) is 0 Å². The second-order valence-corrected chi connectivity index (χ2v) is 10.5. The monoisotopic (exact) mass is 505 g/mol. The van der Waals surface area contributed by atoms with Crippen LogP contribution >= 0.6 is 22.7 Å². The minimum Gasteiger partial charge on any atom is -0.279 e. The molecule has 4 nitrogen and oxygen atoms in total. The van der Waals surface area contributed by atoms with Crippen molar-refractivity contribution in [2.75, 3.05) is 4.90 Å². The number of para-hydroxylation sites is 2. The Balaban J connectivity index is 1.53. The smallest absolute Gasteiger partial charge is 0.261 e. The highest BCUT2D eigenvalue weighted by Gasteiger charge is 2.25. The number of nitrogens with zero attached hydrogens (tertiary/aromatic N) is 3. The highest BCUT2D eigenvalue weighted by molar-refractivity contribution is 7.22. The first-order valence-electron chi connectivity index (χ1n) is 11.9. The first-order chi connectivity index (χ1) is 17.7. The lowest BCUT2D eigenvalue weighted by Crippen LogP contribution is -2.30. The number of thiazole rings is 1. The molecule has 6 aromatic rings. The summed E-state index contributed by atoms with van der Waals surface area (Å²) in [6.07, 6.45) is 0.895. The van der Waals surface area contributed by atoms with Gasteiger partial charge in [0, 0.05) is 5.39 Å². The van der Waals surface area contributed by atoms with E-state index in [2.05, 4.69) is 25.1 Å². The Labute approximate surface area is 217 Å². The molecule has 0 N–H and O–H groups in total. The number of thiophene rings is 1. The molecule has 0 aliphatic rings. The van der Waals surface area contributed by atoms with Gasteiger partial charge < -0.3 is 0 Å². The van der Waals surface area contributed by atoms with Gasteiger partial charge in [-0.2, -0.15) is 0 Å². The first-order valence-corrected chi connectivity index (χ1v) is 13.6. The standard InChI is InChI=1S/C30H23N3OS2/c1-2-21-12-8-15-27-28(21)32-30(36-27)33(19-20-10-4-3-5-11-20)29(34)23-18-25(26-16-9-17-35-26)31-24-14-7-6-13-22(23)24/h3-18H,2,19H2,1H3. The van der Waals surface area contributed by atoms with Crippen molar-refractivity contribution >= 4 is 54.8 Å². The third kappa shape index (κ3) is 4.19. The molecule has 1 amide bonds. The van der Waals surface area contributed by atoms with Crippen molar-refractivity contribution < 1.29 is 4.79 Å². The molecular formula is C30H23N3OS2. The summed E-state index contributed by atoms with van der Waals surface area (Å²) in [5.41, 5.74) is 5.47. The van der Waals surface area contributed by atoms with Crippen molar-refractivity contribution in [3.63, 3.8) is 0 Å². The molecule has 0 aliphatic heterocycles. The summed E-state index contributed by atoms with van der Waals surface area (Å²) in [7, 11) is 0. The van der Waals surface area contributed by atoms with Gasteiger partial charge in [0.15, 0.2) is 5.13 Å². The minimum atomic E-state index is -0.0765. The van der Waals surface area contributed by atoms with Crippen molar-refractivity contribution in [3.8, 4) is 10.6 Å². The molecule has 0 spiro atoms. The lowest BCUT2D eigenvalue weighted by Gasteiger charge is -2.21. The maximum absolute atomic E-state index is 14.4. The van der Waals surface area contributed by atoms with E-state index in [1.807, 2.05) is 83.1 Å². The normalized spacial score (nSPS) is 11.2. The van der Waals surface area contributed by atoms with Crippen molar-refractivity contribution in [1.82, 2.24) is 9.97 Å². The van der Waals surface area contributed by atoms with Gasteiger partial charge in [0.25, 0.3) is 5.91 Å². The predicted molar refractivity (Wildman–Crippen MR) is 151 cm³/mol. The van der Waals surface area contributed by atoms with Gasteiger partial charge in [-0.3, -0.25) is 9.69 Å². The molecular weight excluding hydrogens is 482 g/mol. The van der Waals surface area contributed by atoms with Crippen molar-refractivity contribution in [2.45, 2.75) is 19.9 Å². The number of hydrogen-bond donors (Lipinski definition) is 0. The molecule has 0 fully saturated rings. The van der Waals surface area contributed by atoms with Crippen molar-refractivity contribution in [2.24, 2.45) is 0 Å². The molecule has 6 heteroatoms. The molecule has 36 heavy (non-hydrogen) atoms. The van der Waals surface area contributed by atoms with Gasteiger partial charge in [-0.05, 0) is 47.2 Å². The Bertz CT molecular complexity index is 1670. The summed E-state index contributed by atoms with van der Waals surface area (Å²) in [4.78, 5) is 27.1. The van der Waals surface area contributed by atoms with Crippen LogP contribution in [0.3, 0.4) is 0 Å². The number of carbonyl (C=O) groups excluding carboxylic acids is 1. The maximum Gasteiger partial charge on any atom is 0.261 e. The number of rotatable bonds is 6. The molecule has 0 bridgehead atoms. The first kappa shape index (κ1) is 22.6. The molecule has 176 valence electrons. The van der Waals surface area contributed by atoms with Gasteiger partial charge in [0.05, 0.1) is 38.4 Å². The fourth-order valence-electron chi connectivity index (χ4n) is 4.44. The zero-order valence-corrected chi connectivity index (χ0v) is 21.4. The number of aryl methyl sites for hydroxylation is 1. The fourth-order valence-corrected chi connectivity index (χ4v) is 6.13. The average molecular weight is 506 g/mol. The second kappa shape index (κ2) is 9.64. The molecule has 0 atom stereocenters. The third-order valence-corrected chi connectivity index (χ3v) is 8.19. The van der Waals surface area contributed by atoms with Gasteiger partial charge in [0.2, 0.25) is 0 Å².